The van der Waals surface area contributed by atoms with Crippen LogP contribution in [0, 0.1) is 0 Å². The molecule has 5 heteroatoms. The van der Waals surface area contributed by atoms with Crippen molar-refractivity contribution in [2.75, 3.05) is 40.4 Å². The van der Waals surface area contributed by atoms with Gasteiger partial charge in [-0.2, -0.15) is 0 Å². The maximum atomic E-state index is 13.2. The van der Waals surface area contributed by atoms with E-state index in [-0.39, 0.29) is 11.9 Å². The molecule has 5 nitrogen and oxygen atoms in total. The van der Waals surface area contributed by atoms with Crippen LogP contribution in [0.1, 0.15) is 48.4 Å². The summed E-state index contributed by atoms with van der Waals surface area (Å²) >= 11 is 0. The first-order valence-corrected chi connectivity index (χ1v) is 11.0. The third kappa shape index (κ3) is 4.31. The molecule has 0 saturated carbocycles. The summed E-state index contributed by atoms with van der Waals surface area (Å²) in [4.78, 5) is 17.6. The van der Waals surface area contributed by atoms with E-state index in [4.69, 9.17) is 9.47 Å². The third-order valence-electron chi connectivity index (χ3n) is 6.39. The normalized spacial score (nSPS) is 19.7. The van der Waals surface area contributed by atoms with Gasteiger partial charge in [-0.3, -0.25) is 9.69 Å². The van der Waals surface area contributed by atoms with Crippen molar-refractivity contribution in [1.29, 1.82) is 0 Å². The van der Waals surface area contributed by atoms with Crippen molar-refractivity contribution in [3.05, 3.63) is 59.2 Å². The lowest BCUT2D eigenvalue weighted by Gasteiger charge is -2.38. The molecule has 0 unspecified atom stereocenters. The molecule has 0 radical (unpaired) electrons. The van der Waals surface area contributed by atoms with Gasteiger partial charge in [-0.25, -0.2) is 0 Å². The summed E-state index contributed by atoms with van der Waals surface area (Å²) in [5.41, 5.74) is 3.67. The zero-order valence-electron chi connectivity index (χ0n) is 18.1. The lowest BCUT2D eigenvalue weighted by atomic mass is 9.87. The Balaban J connectivity index is 1.66. The van der Waals surface area contributed by atoms with E-state index in [0.29, 0.717) is 6.54 Å². The van der Waals surface area contributed by atoms with Gasteiger partial charge in [0.25, 0.3) is 0 Å². The van der Waals surface area contributed by atoms with E-state index in [2.05, 4.69) is 46.2 Å². The summed E-state index contributed by atoms with van der Waals surface area (Å²) in [5, 5.41) is 0. The SMILES string of the molecule is COc1cc2c(cc1OC)[C@@H](c1ccccc1)N(CC(=O)N1CCCCCC1)CC2. The molecule has 0 bridgehead atoms. The van der Waals surface area contributed by atoms with E-state index in [0.717, 1.165) is 50.4 Å². The molecular weight excluding hydrogens is 376 g/mol. The highest BCUT2D eigenvalue weighted by molar-refractivity contribution is 5.78. The van der Waals surface area contributed by atoms with Gasteiger partial charge in [0.2, 0.25) is 5.91 Å². The van der Waals surface area contributed by atoms with Gasteiger partial charge in [-0.05, 0) is 48.1 Å². The summed E-state index contributed by atoms with van der Waals surface area (Å²) in [6, 6.07) is 14.7. The van der Waals surface area contributed by atoms with Gasteiger partial charge in [0.1, 0.15) is 0 Å². The molecule has 1 fully saturated rings. The van der Waals surface area contributed by atoms with Gasteiger partial charge in [0, 0.05) is 19.6 Å². The number of ether oxygens (including phenoxy) is 2. The second-order valence-electron chi connectivity index (χ2n) is 8.23. The predicted molar refractivity (Wildman–Crippen MR) is 118 cm³/mol. The molecule has 4 rings (SSSR count). The molecule has 2 aliphatic heterocycles. The number of hydrogen-bond acceptors (Lipinski definition) is 4. The number of benzene rings is 2. The average Bonchev–Trinajstić information content (AvgIpc) is 3.08. The fourth-order valence-corrected chi connectivity index (χ4v) is 4.79. The van der Waals surface area contributed by atoms with Gasteiger partial charge < -0.3 is 14.4 Å². The zero-order valence-corrected chi connectivity index (χ0v) is 18.1. The first kappa shape index (κ1) is 20.7. The van der Waals surface area contributed by atoms with E-state index < -0.39 is 0 Å². The Kier molecular flexibility index (Phi) is 6.58. The van der Waals surface area contributed by atoms with Gasteiger partial charge in [-0.1, -0.05) is 43.2 Å². The number of carbonyl (C=O) groups is 1. The number of rotatable bonds is 5. The van der Waals surface area contributed by atoms with Gasteiger partial charge in [-0.15, -0.1) is 0 Å². The van der Waals surface area contributed by atoms with Gasteiger partial charge in [0.15, 0.2) is 11.5 Å². The van der Waals surface area contributed by atoms with Crippen molar-refractivity contribution in [2.24, 2.45) is 0 Å². The van der Waals surface area contributed by atoms with Crippen LogP contribution in [0.4, 0.5) is 0 Å². The number of carbonyl (C=O) groups excluding carboxylic acids is 1. The van der Waals surface area contributed by atoms with Crippen molar-refractivity contribution in [3.63, 3.8) is 0 Å². The maximum absolute atomic E-state index is 13.2. The van der Waals surface area contributed by atoms with Crippen LogP contribution in [-0.2, 0) is 11.2 Å². The van der Waals surface area contributed by atoms with E-state index in [1.54, 1.807) is 14.2 Å². The van der Waals surface area contributed by atoms with Crippen LogP contribution >= 0.6 is 0 Å². The number of amides is 1. The Bertz CT molecular complexity index is 860. The predicted octanol–water partition coefficient (Wildman–Crippen LogP) is 4.05. The number of nitrogens with zero attached hydrogens (tertiary/aromatic N) is 2. The van der Waals surface area contributed by atoms with Gasteiger partial charge >= 0.3 is 0 Å². The fraction of sp³-hybridized carbons (Fsp3) is 0.480. The minimum atomic E-state index is 0.0330. The van der Waals surface area contributed by atoms with Crippen molar-refractivity contribution < 1.29 is 14.3 Å². The molecule has 2 aliphatic rings. The summed E-state index contributed by atoms with van der Waals surface area (Å²) in [5.74, 6) is 1.75. The summed E-state index contributed by atoms with van der Waals surface area (Å²) in [6.45, 7) is 3.09. The highest BCUT2D eigenvalue weighted by Crippen LogP contribution is 2.40. The molecule has 1 atom stereocenters. The van der Waals surface area contributed by atoms with Crippen molar-refractivity contribution in [2.45, 2.75) is 38.1 Å². The number of fused-ring (bicyclic) bond motifs is 1. The minimum absolute atomic E-state index is 0.0330. The Morgan fingerprint density at radius 3 is 2.27 bits per heavy atom. The molecule has 1 saturated heterocycles. The van der Waals surface area contributed by atoms with Crippen LogP contribution < -0.4 is 9.47 Å². The lowest BCUT2D eigenvalue weighted by Crippen LogP contribution is -2.45. The van der Waals surface area contributed by atoms with Crippen LogP contribution in [0.5, 0.6) is 11.5 Å². The van der Waals surface area contributed by atoms with Crippen LogP contribution in [0.25, 0.3) is 0 Å². The molecule has 0 N–H and O–H groups in total. The van der Waals surface area contributed by atoms with Crippen LogP contribution in [0.2, 0.25) is 0 Å². The van der Waals surface area contributed by atoms with Crippen LogP contribution in [-0.4, -0.2) is 56.1 Å². The summed E-state index contributed by atoms with van der Waals surface area (Å²) < 4.78 is 11.1. The molecular formula is C25H32N2O3. The first-order valence-electron chi connectivity index (χ1n) is 11.0. The smallest absolute Gasteiger partial charge is 0.236 e. The van der Waals surface area contributed by atoms with Gasteiger partial charge in [0.05, 0.1) is 26.8 Å². The van der Waals surface area contributed by atoms with Crippen LogP contribution in [0.3, 0.4) is 0 Å². The molecule has 2 heterocycles. The number of likely N-dealkylation sites (tertiary alicyclic amines) is 1. The third-order valence-corrected chi connectivity index (χ3v) is 6.39. The fourth-order valence-electron chi connectivity index (χ4n) is 4.79. The largest absolute Gasteiger partial charge is 0.493 e. The van der Waals surface area contributed by atoms with Crippen molar-refractivity contribution in [1.82, 2.24) is 9.80 Å². The quantitative estimate of drug-likeness (QED) is 0.748. The Morgan fingerprint density at radius 1 is 0.933 bits per heavy atom. The number of methoxy groups -OCH3 is 2. The number of hydrogen-bond donors (Lipinski definition) is 0. The highest BCUT2D eigenvalue weighted by Gasteiger charge is 2.32. The Labute approximate surface area is 179 Å². The molecule has 2 aromatic rings. The molecule has 0 spiro atoms. The molecule has 0 aromatic heterocycles. The first-order chi connectivity index (χ1) is 14.7. The minimum Gasteiger partial charge on any atom is -0.493 e. The Hall–Kier alpha value is -2.53. The van der Waals surface area contributed by atoms with E-state index >= 15 is 0 Å². The summed E-state index contributed by atoms with van der Waals surface area (Å²) in [6.07, 6.45) is 5.60. The summed E-state index contributed by atoms with van der Waals surface area (Å²) in [7, 11) is 3.35. The van der Waals surface area contributed by atoms with E-state index in [1.165, 1.54) is 29.5 Å². The monoisotopic (exact) mass is 408 g/mol. The molecule has 0 aliphatic carbocycles. The zero-order chi connectivity index (χ0) is 20.9. The lowest BCUT2D eigenvalue weighted by molar-refractivity contribution is -0.132. The molecule has 30 heavy (non-hydrogen) atoms. The molecule has 160 valence electrons. The second kappa shape index (κ2) is 9.52. The second-order valence-corrected chi connectivity index (χ2v) is 8.23. The molecule has 1 amide bonds. The Morgan fingerprint density at radius 2 is 1.60 bits per heavy atom. The van der Waals surface area contributed by atoms with E-state index in [1.807, 2.05) is 6.07 Å². The average molecular weight is 409 g/mol. The topological polar surface area (TPSA) is 42.0 Å². The van der Waals surface area contributed by atoms with Crippen molar-refractivity contribution in [3.8, 4) is 11.5 Å². The maximum Gasteiger partial charge on any atom is 0.236 e. The standard InChI is InChI=1S/C25H32N2O3/c1-29-22-16-20-12-15-27(18-24(28)26-13-8-3-4-9-14-26)25(19-10-6-5-7-11-19)21(20)17-23(22)30-2/h5-7,10-11,16-17,25H,3-4,8-9,12-15,18H2,1-2H3/t25-/m1/s1. The molecule has 2 aromatic carbocycles. The van der Waals surface area contributed by atoms with Crippen molar-refractivity contribution >= 4 is 5.91 Å². The van der Waals surface area contributed by atoms with E-state index in [9.17, 15) is 4.79 Å². The highest BCUT2D eigenvalue weighted by atomic mass is 16.5. The van der Waals surface area contributed by atoms with Crippen LogP contribution in [0.15, 0.2) is 42.5 Å².